The zero-order chi connectivity index (χ0) is 13.1. The van der Waals surface area contributed by atoms with Crippen molar-refractivity contribution in [2.45, 2.75) is 52.5 Å². The Balaban J connectivity index is 1.83. The predicted molar refractivity (Wildman–Crippen MR) is 74.3 cm³/mol. The molecule has 0 bridgehead atoms. The minimum atomic E-state index is 0.275. The van der Waals surface area contributed by atoms with Crippen molar-refractivity contribution in [3.05, 3.63) is 0 Å². The standard InChI is InChI=1S/C15H28N2O/c1-11(2)13-5-8-17(9-6-13)15(18)14-4-7-16-12(3)10-14/h11-14,16H,4-10H2,1-3H3. The maximum absolute atomic E-state index is 12.5. The van der Waals surface area contributed by atoms with Gasteiger partial charge in [0.1, 0.15) is 0 Å². The molecule has 2 atom stereocenters. The van der Waals surface area contributed by atoms with Crippen molar-refractivity contribution in [1.82, 2.24) is 10.2 Å². The molecule has 0 radical (unpaired) electrons. The molecule has 3 nitrogen and oxygen atoms in total. The second kappa shape index (κ2) is 6.05. The average molecular weight is 252 g/mol. The summed E-state index contributed by atoms with van der Waals surface area (Å²) in [5.74, 6) is 2.28. The van der Waals surface area contributed by atoms with Gasteiger partial charge in [0, 0.05) is 25.0 Å². The summed E-state index contributed by atoms with van der Waals surface area (Å²) in [6, 6.07) is 0.501. The lowest BCUT2D eigenvalue weighted by Crippen LogP contribution is -2.47. The Morgan fingerprint density at radius 1 is 1.22 bits per heavy atom. The van der Waals surface area contributed by atoms with E-state index in [1.54, 1.807) is 0 Å². The van der Waals surface area contributed by atoms with Gasteiger partial charge in [0.2, 0.25) is 5.91 Å². The molecule has 18 heavy (non-hydrogen) atoms. The summed E-state index contributed by atoms with van der Waals surface area (Å²) in [5, 5.41) is 3.42. The van der Waals surface area contributed by atoms with Crippen molar-refractivity contribution in [1.29, 1.82) is 0 Å². The van der Waals surface area contributed by atoms with Crippen molar-refractivity contribution in [3.63, 3.8) is 0 Å². The highest BCUT2D eigenvalue weighted by Crippen LogP contribution is 2.27. The van der Waals surface area contributed by atoms with Crippen LogP contribution >= 0.6 is 0 Å². The number of hydrogen-bond donors (Lipinski definition) is 1. The summed E-state index contributed by atoms with van der Waals surface area (Å²) in [7, 11) is 0. The number of carbonyl (C=O) groups excluding carboxylic acids is 1. The lowest BCUT2D eigenvalue weighted by molar-refractivity contribution is -0.138. The fourth-order valence-corrected chi connectivity index (χ4v) is 3.40. The fraction of sp³-hybridized carbons (Fsp3) is 0.933. The quantitative estimate of drug-likeness (QED) is 0.817. The van der Waals surface area contributed by atoms with Gasteiger partial charge in [0.15, 0.2) is 0 Å². The van der Waals surface area contributed by atoms with Crippen LogP contribution in [0.15, 0.2) is 0 Å². The SMILES string of the molecule is CC1CC(C(=O)N2CCC(C(C)C)CC2)CCN1. The second-order valence-corrected chi connectivity index (χ2v) is 6.48. The minimum Gasteiger partial charge on any atom is -0.342 e. The van der Waals surface area contributed by atoms with Crippen LogP contribution in [0.4, 0.5) is 0 Å². The van der Waals surface area contributed by atoms with Gasteiger partial charge >= 0.3 is 0 Å². The number of piperidine rings is 2. The van der Waals surface area contributed by atoms with E-state index in [0.29, 0.717) is 11.9 Å². The van der Waals surface area contributed by atoms with Crippen LogP contribution in [0.25, 0.3) is 0 Å². The first kappa shape index (κ1) is 13.9. The number of amides is 1. The first-order chi connectivity index (χ1) is 8.58. The molecule has 1 amide bonds. The molecule has 2 aliphatic rings. The Morgan fingerprint density at radius 3 is 2.44 bits per heavy atom. The van der Waals surface area contributed by atoms with E-state index >= 15 is 0 Å². The number of nitrogens with one attached hydrogen (secondary N) is 1. The van der Waals surface area contributed by atoms with Crippen LogP contribution in [-0.4, -0.2) is 36.5 Å². The van der Waals surface area contributed by atoms with E-state index < -0.39 is 0 Å². The molecule has 2 rings (SSSR count). The van der Waals surface area contributed by atoms with Gasteiger partial charge in [0.25, 0.3) is 0 Å². The van der Waals surface area contributed by atoms with Crippen LogP contribution in [0.2, 0.25) is 0 Å². The molecule has 2 unspecified atom stereocenters. The number of likely N-dealkylation sites (tertiary alicyclic amines) is 1. The van der Waals surface area contributed by atoms with Crippen molar-refractivity contribution < 1.29 is 4.79 Å². The van der Waals surface area contributed by atoms with E-state index in [-0.39, 0.29) is 5.92 Å². The van der Waals surface area contributed by atoms with Crippen LogP contribution in [0.1, 0.15) is 46.5 Å². The molecule has 0 aromatic carbocycles. The lowest BCUT2D eigenvalue weighted by Gasteiger charge is -2.37. The molecule has 3 heteroatoms. The summed E-state index contributed by atoms with van der Waals surface area (Å²) >= 11 is 0. The normalized spacial score (nSPS) is 30.8. The largest absolute Gasteiger partial charge is 0.342 e. The van der Waals surface area contributed by atoms with Gasteiger partial charge in [-0.2, -0.15) is 0 Å². The van der Waals surface area contributed by atoms with Crippen LogP contribution in [0.3, 0.4) is 0 Å². The van der Waals surface area contributed by atoms with Crippen molar-refractivity contribution in [2.24, 2.45) is 17.8 Å². The predicted octanol–water partition coefficient (Wildman–Crippen LogP) is 2.27. The number of nitrogens with zero attached hydrogens (tertiary/aromatic N) is 1. The number of rotatable bonds is 2. The van der Waals surface area contributed by atoms with Crippen LogP contribution in [-0.2, 0) is 4.79 Å². The number of carbonyl (C=O) groups is 1. The zero-order valence-corrected chi connectivity index (χ0v) is 12.1. The molecule has 104 valence electrons. The summed E-state index contributed by atoms with van der Waals surface area (Å²) < 4.78 is 0. The molecule has 0 spiro atoms. The van der Waals surface area contributed by atoms with E-state index in [9.17, 15) is 4.79 Å². The van der Waals surface area contributed by atoms with Crippen LogP contribution < -0.4 is 5.32 Å². The third-order valence-electron chi connectivity index (χ3n) is 4.77. The molecule has 2 heterocycles. The van der Waals surface area contributed by atoms with Crippen molar-refractivity contribution in [2.75, 3.05) is 19.6 Å². The summed E-state index contributed by atoms with van der Waals surface area (Å²) in [5.41, 5.74) is 0. The molecule has 2 fully saturated rings. The maximum atomic E-state index is 12.5. The van der Waals surface area contributed by atoms with Crippen molar-refractivity contribution in [3.8, 4) is 0 Å². The molecule has 1 N–H and O–H groups in total. The van der Waals surface area contributed by atoms with E-state index in [1.807, 2.05) is 0 Å². The molecule has 0 aliphatic carbocycles. The molecule has 2 aliphatic heterocycles. The molecule has 0 saturated carbocycles. The third-order valence-corrected chi connectivity index (χ3v) is 4.77. The van der Waals surface area contributed by atoms with Gasteiger partial charge in [0.05, 0.1) is 0 Å². The van der Waals surface area contributed by atoms with Crippen LogP contribution in [0.5, 0.6) is 0 Å². The zero-order valence-electron chi connectivity index (χ0n) is 12.1. The smallest absolute Gasteiger partial charge is 0.225 e. The van der Waals surface area contributed by atoms with Gasteiger partial charge < -0.3 is 10.2 Å². The maximum Gasteiger partial charge on any atom is 0.225 e. The highest BCUT2D eigenvalue weighted by molar-refractivity contribution is 5.79. The summed E-state index contributed by atoms with van der Waals surface area (Å²) in [6.45, 7) is 9.76. The second-order valence-electron chi connectivity index (χ2n) is 6.48. The Bertz CT molecular complexity index is 282. The first-order valence-electron chi connectivity index (χ1n) is 7.60. The molecule has 2 saturated heterocycles. The van der Waals surface area contributed by atoms with Gasteiger partial charge in [-0.1, -0.05) is 13.8 Å². The van der Waals surface area contributed by atoms with Gasteiger partial charge in [-0.3, -0.25) is 4.79 Å². The van der Waals surface area contributed by atoms with Gasteiger partial charge in [-0.25, -0.2) is 0 Å². The van der Waals surface area contributed by atoms with E-state index in [1.165, 1.54) is 12.8 Å². The Hall–Kier alpha value is -0.570. The van der Waals surface area contributed by atoms with Gasteiger partial charge in [-0.05, 0) is 51.0 Å². The third kappa shape index (κ3) is 3.25. The van der Waals surface area contributed by atoms with E-state index in [0.717, 1.165) is 44.3 Å². The fourth-order valence-electron chi connectivity index (χ4n) is 3.40. The van der Waals surface area contributed by atoms with E-state index in [4.69, 9.17) is 0 Å². The van der Waals surface area contributed by atoms with Crippen LogP contribution in [0, 0.1) is 17.8 Å². The average Bonchev–Trinajstić information content (AvgIpc) is 2.38. The molecule has 0 aromatic rings. The van der Waals surface area contributed by atoms with Crippen molar-refractivity contribution >= 4 is 5.91 Å². The topological polar surface area (TPSA) is 32.3 Å². The summed E-state index contributed by atoms with van der Waals surface area (Å²) in [4.78, 5) is 14.6. The lowest BCUT2D eigenvalue weighted by atomic mass is 9.85. The highest BCUT2D eigenvalue weighted by atomic mass is 16.2. The Kier molecular flexibility index (Phi) is 4.66. The Morgan fingerprint density at radius 2 is 1.89 bits per heavy atom. The number of hydrogen-bond acceptors (Lipinski definition) is 2. The molecular formula is C15H28N2O. The molecule has 0 aromatic heterocycles. The summed E-state index contributed by atoms with van der Waals surface area (Å²) in [6.07, 6.45) is 4.43. The minimum absolute atomic E-state index is 0.275. The van der Waals surface area contributed by atoms with E-state index in [2.05, 4.69) is 31.0 Å². The monoisotopic (exact) mass is 252 g/mol. The molecular weight excluding hydrogens is 224 g/mol. The highest BCUT2D eigenvalue weighted by Gasteiger charge is 2.31. The Labute approximate surface area is 111 Å². The first-order valence-corrected chi connectivity index (χ1v) is 7.60. The van der Waals surface area contributed by atoms with Gasteiger partial charge in [-0.15, -0.1) is 0 Å².